The van der Waals surface area contributed by atoms with Gasteiger partial charge in [0.15, 0.2) is 5.78 Å². The molecule has 0 spiro atoms. The molecule has 14 heavy (non-hydrogen) atoms. The minimum absolute atomic E-state index is 0.114. The maximum Gasteiger partial charge on any atom is 0.178 e. The van der Waals surface area contributed by atoms with Crippen LogP contribution in [0, 0.1) is 0 Å². The van der Waals surface area contributed by atoms with Gasteiger partial charge < -0.3 is 9.72 Å². The predicted octanol–water partition coefficient (Wildman–Crippen LogP) is 1.34. The number of nitrogens with one attached hydrogen (secondary N) is 1. The largest absolute Gasteiger partial charge is 0.323 e. The van der Waals surface area contributed by atoms with Gasteiger partial charge in [0.1, 0.15) is 0 Å². The van der Waals surface area contributed by atoms with Gasteiger partial charge in [-0.25, -0.2) is 0 Å². The summed E-state index contributed by atoms with van der Waals surface area (Å²) < 4.78 is 1.95. The van der Waals surface area contributed by atoms with Crippen molar-refractivity contribution in [3.8, 4) is 0 Å². The van der Waals surface area contributed by atoms with Gasteiger partial charge in [0.05, 0.1) is 6.54 Å². The molecular weight excluding hydrogens is 176 g/mol. The lowest BCUT2D eigenvalue weighted by Crippen LogP contribution is -2.18. The number of nitrogens with zero attached hydrogens (tertiary/aromatic N) is 1. The van der Waals surface area contributed by atoms with Crippen molar-refractivity contribution in [1.29, 1.82) is 0 Å². The van der Waals surface area contributed by atoms with E-state index in [1.54, 1.807) is 7.05 Å². The Kier molecular flexibility index (Phi) is 2.33. The number of carbonyl (C=O) groups is 1. The Labute approximate surface area is 82.4 Å². The van der Waals surface area contributed by atoms with Crippen LogP contribution >= 0.6 is 0 Å². The highest BCUT2D eigenvalue weighted by atomic mass is 16.1. The molecule has 3 heteroatoms. The van der Waals surface area contributed by atoms with Crippen LogP contribution in [0.25, 0.3) is 5.52 Å². The molecule has 2 aromatic rings. The number of carbonyl (C=O) groups excluding carboxylic acids is 1. The van der Waals surface area contributed by atoms with Crippen LogP contribution in [0.15, 0.2) is 36.7 Å². The normalized spacial score (nSPS) is 10.6. The summed E-state index contributed by atoms with van der Waals surface area (Å²) in [5, 5.41) is 2.85. The second kappa shape index (κ2) is 3.64. The van der Waals surface area contributed by atoms with Gasteiger partial charge >= 0.3 is 0 Å². The van der Waals surface area contributed by atoms with Gasteiger partial charge in [-0.1, -0.05) is 0 Å². The highest BCUT2D eigenvalue weighted by molar-refractivity contribution is 5.97. The molecular formula is C11H12N2O. The van der Waals surface area contributed by atoms with Crippen molar-refractivity contribution in [2.24, 2.45) is 0 Å². The number of rotatable bonds is 3. The SMILES string of the molecule is CNCC(=O)c1ccc2cccn2c1. The van der Waals surface area contributed by atoms with Crippen LogP contribution in [0.4, 0.5) is 0 Å². The van der Waals surface area contributed by atoms with Gasteiger partial charge in [-0.15, -0.1) is 0 Å². The quantitative estimate of drug-likeness (QED) is 0.737. The fourth-order valence-corrected chi connectivity index (χ4v) is 1.46. The predicted molar refractivity (Wildman–Crippen MR) is 55.7 cm³/mol. The molecule has 2 rings (SSSR count). The van der Waals surface area contributed by atoms with Gasteiger partial charge in [-0.05, 0) is 31.3 Å². The summed E-state index contributed by atoms with van der Waals surface area (Å²) in [4.78, 5) is 11.5. The van der Waals surface area contributed by atoms with Crippen molar-refractivity contribution in [2.45, 2.75) is 0 Å². The summed E-state index contributed by atoms with van der Waals surface area (Å²) in [7, 11) is 1.77. The second-order valence-electron chi connectivity index (χ2n) is 3.21. The Bertz CT molecular complexity index is 459. The minimum Gasteiger partial charge on any atom is -0.323 e. The first-order chi connectivity index (χ1) is 6.81. The van der Waals surface area contributed by atoms with Gasteiger partial charge in [-0.3, -0.25) is 4.79 Å². The summed E-state index contributed by atoms with van der Waals surface area (Å²) in [5.41, 5.74) is 1.84. The molecule has 0 aliphatic carbocycles. The highest BCUT2D eigenvalue weighted by Gasteiger charge is 2.04. The lowest BCUT2D eigenvalue weighted by molar-refractivity contribution is 0.0993. The molecule has 0 fully saturated rings. The molecule has 2 heterocycles. The number of ketones is 1. The van der Waals surface area contributed by atoms with Gasteiger partial charge in [0.25, 0.3) is 0 Å². The van der Waals surface area contributed by atoms with E-state index in [2.05, 4.69) is 5.32 Å². The molecule has 0 atom stereocenters. The zero-order valence-electron chi connectivity index (χ0n) is 8.03. The highest BCUT2D eigenvalue weighted by Crippen LogP contribution is 2.07. The third-order valence-electron chi connectivity index (χ3n) is 2.18. The van der Waals surface area contributed by atoms with Crippen molar-refractivity contribution in [3.05, 3.63) is 42.2 Å². The Hall–Kier alpha value is -1.61. The van der Waals surface area contributed by atoms with Gasteiger partial charge in [-0.2, -0.15) is 0 Å². The zero-order valence-corrected chi connectivity index (χ0v) is 8.03. The average Bonchev–Trinajstić information content (AvgIpc) is 2.64. The third kappa shape index (κ3) is 1.54. The van der Waals surface area contributed by atoms with Crippen LogP contribution in [-0.4, -0.2) is 23.8 Å². The van der Waals surface area contributed by atoms with E-state index >= 15 is 0 Å². The molecule has 0 saturated heterocycles. The lowest BCUT2D eigenvalue weighted by atomic mass is 10.2. The molecule has 0 aliphatic rings. The van der Waals surface area contributed by atoms with Gasteiger partial charge in [0.2, 0.25) is 0 Å². The maximum atomic E-state index is 11.5. The van der Waals surface area contributed by atoms with Crippen LogP contribution in [0.1, 0.15) is 10.4 Å². The zero-order chi connectivity index (χ0) is 9.97. The Morgan fingerprint density at radius 1 is 1.43 bits per heavy atom. The van der Waals surface area contributed by atoms with E-state index in [9.17, 15) is 4.79 Å². The van der Waals surface area contributed by atoms with Crippen molar-refractivity contribution < 1.29 is 4.79 Å². The summed E-state index contributed by atoms with van der Waals surface area (Å²) in [5.74, 6) is 0.114. The number of hydrogen-bond acceptors (Lipinski definition) is 2. The molecule has 0 aliphatic heterocycles. The number of hydrogen-bond donors (Lipinski definition) is 1. The Morgan fingerprint density at radius 3 is 3.07 bits per heavy atom. The molecule has 2 aromatic heterocycles. The van der Waals surface area contributed by atoms with E-state index in [0.717, 1.165) is 11.1 Å². The monoisotopic (exact) mass is 188 g/mol. The van der Waals surface area contributed by atoms with Crippen molar-refractivity contribution >= 4 is 11.3 Å². The number of fused-ring (bicyclic) bond motifs is 1. The van der Waals surface area contributed by atoms with E-state index < -0.39 is 0 Å². The van der Waals surface area contributed by atoms with E-state index in [0.29, 0.717) is 6.54 Å². The summed E-state index contributed by atoms with van der Waals surface area (Å²) in [6.45, 7) is 0.382. The third-order valence-corrected chi connectivity index (χ3v) is 2.18. The van der Waals surface area contributed by atoms with E-state index in [-0.39, 0.29) is 5.78 Å². The first kappa shape index (κ1) is 8.97. The molecule has 0 amide bonds. The standard InChI is InChI=1S/C11H12N2O/c1-12-7-11(14)9-4-5-10-3-2-6-13(10)8-9/h2-6,8,12H,7H2,1H3. The Balaban J connectivity index is 2.38. The maximum absolute atomic E-state index is 11.5. The van der Waals surface area contributed by atoms with Gasteiger partial charge in [0, 0.05) is 23.5 Å². The molecule has 72 valence electrons. The molecule has 0 bridgehead atoms. The van der Waals surface area contributed by atoms with Crippen LogP contribution < -0.4 is 5.32 Å². The molecule has 1 N–H and O–H groups in total. The summed E-state index contributed by atoms with van der Waals surface area (Å²) in [6, 6.07) is 7.77. The van der Waals surface area contributed by atoms with E-state index in [1.165, 1.54) is 0 Å². The van der Waals surface area contributed by atoms with Crippen LogP contribution in [0.5, 0.6) is 0 Å². The molecule has 0 aromatic carbocycles. The Morgan fingerprint density at radius 2 is 2.29 bits per heavy atom. The second-order valence-corrected chi connectivity index (χ2v) is 3.21. The molecule has 0 radical (unpaired) electrons. The topological polar surface area (TPSA) is 33.5 Å². The molecule has 3 nitrogen and oxygen atoms in total. The van der Waals surface area contributed by atoms with Crippen LogP contribution in [0.3, 0.4) is 0 Å². The number of pyridine rings is 1. The number of aromatic nitrogens is 1. The van der Waals surface area contributed by atoms with E-state index in [4.69, 9.17) is 0 Å². The first-order valence-corrected chi connectivity index (χ1v) is 4.56. The molecule has 0 unspecified atom stereocenters. The van der Waals surface area contributed by atoms with Crippen molar-refractivity contribution in [2.75, 3.05) is 13.6 Å². The van der Waals surface area contributed by atoms with Crippen LogP contribution in [0.2, 0.25) is 0 Å². The average molecular weight is 188 g/mol. The number of likely N-dealkylation sites (N-methyl/N-ethyl adjacent to an activating group) is 1. The smallest absolute Gasteiger partial charge is 0.178 e. The number of Topliss-reactive ketones (excluding diaryl/α,β-unsaturated/α-hetero) is 1. The first-order valence-electron chi connectivity index (χ1n) is 4.56. The van der Waals surface area contributed by atoms with Crippen LogP contribution in [-0.2, 0) is 0 Å². The molecule has 0 saturated carbocycles. The fourth-order valence-electron chi connectivity index (χ4n) is 1.46. The lowest BCUT2D eigenvalue weighted by Gasteiger charge is -2.01. The van der Waals surface area contributed by atoms with E-state index in [1.807, 2.05) is 41.1 Å². The summed E-state index contributed by atoms with van der Waals surface area (Å²) in [6.07, 6.45) is 3.79. The van der Waals surface area contributed by atoms with Crippen molar-refractivity contribution in [3.63, 3.8) is 0 Å². The minimum atomic E-state index is 0.114. The van der Waals surface area contributed by atoms with Crippen molar-refractivity contribution in [1.82, 2.24) is 9.72 Å². The summed E-state index contributed by atoms with van der Waals surface area (Å²) >= 11 is 0. The fraction of sp³-hybridized carbons (Fsp3) is 0.182.